The zero-order chi connectivity index (χ0) is 26.5. The van der Waals surface area contributed by atoms with E-state index in [9.17, 15) is 9.59 Å². The Bertz CT molecular complexity index is 683. The highest BCUT2D eigenvalue weighted by Crippen LogP contribution is 2.43. The van der Waals surface area contributed by atoms with E-state index in [0.717, 1.165) is 25.7 Å². The molecule has 1 heterocycles. The van der Waals surface area contributed by atoms with Crippen LogP contribution in [0.15, 0.2) is 0 Å². The van der Waals surface area contributed by atoms with Crippen LogP contribution in [-0.4, -0.2) is 64.7 Å². The number of likely N-dealkylation sites (tertiary alicyclic amines) is 1. The number of nitrogens with zero attached hydrogens (tertiary/aromatic N) is 1. The average Bonchev–Trinajstić information content (AvgIpc) is 3.00. The number of carbonyl (C=O) groups excluding carboxylic acids is 2. The first kappa shape index (κ1) is 31.3. The van der Waals surface area contributed by atoms with Gasteiger partial charge in [0.2, 0.25) is 11.8 Å². The fourth-order valence-corrected chi connectivity index (χ4v) is 6.34. The SMILES string of the molecule is CCCCCNC(=O)C1[C@H](O[Si](C)(C)C(C)(C)C)[C@@H](O[Si](C)(C)C(C)(C)C)CN1C(=O)CCC. The molecule has 0 aromatic heterocycles. The summed E-state index contributed by atoms with van der Waals surface area (Å²) in [4.78, 5) is 28.5. The van der Waals surface area contributed by atoms with E-state index < -0.39 is 28.8 Å². The Labute approximate surface area is 212 Å². The van der Waals surface area contributed by atoms with Crippen molar-refractivity contribution >= 4 is 28.4 Å². The van der Waals surface area contributed by atoms with E-state index in [2.05, 4.69) is 80.0 Å². The molecule has 0 bridgehead atoms. The molecule has 1 aliphatic heterocycles. The first-order valence-electron chi connectivity index (χ1n) is 13.3. The van der Waals surface area contributed by atoms with E-state index in [-0.39, 0.29) is 28.0 Å². The molecule has 0 aliphatic carbocycles. The fourth-order valence-electron chi connectivity index (χ4n) is 3.71. The summed E-state index contributed by atoms with van der Waals surface area (Å²) in [5.41, 5.74) is 0. The van der Waals surface area contributed by atoms with Crippen LogP contribution in [0, 0.1) is 0 Å². The van der Waals surface area contributed by atoms with Gasteiger partial charge >= 0.3 is 0 Å². The molecule has 1 saturated heterocycles. The van der Waals surface area contributed by atoms with Crippen LogP contribution in [0.2, 0.25) is 36.3 Å². The van der Waals surface area contributed by atoms with Gasteiger partial charge in [-0.2, -0.15) is 0 Å². The Morgan fingerprint density at radius 1 is 0.882 bits per heavy atom. The normalized spacial score (nSPS) is 22.2. The first-order chi connectivity index (χ1) is 15.4. The first-order valence-corrected chi connectivity index (χ1v) is 19.1. The lowest BCUT2D eigenvalue weighted by Crippen LogP contribution is -2.56. The van der Waals surface area contributed by atoms with Crippen molar-refractivity contribution in [2.24, 2.45) is 0 Å². The van der Waals surface area contributed by atoms with Crippen LogP contribution in [0.5, 0.6) is 0 Å². The van der Waals surface area contributed by atoms with E-state index in [1.807, 2.05) is 6.92 Å². The van der Waals surface area contributed by atoms with Crippen LogP contribution in [0.1, 0.15) is 87.5 Å². The number of hydrogen-bond donors (Lipinski definition) is 1. The molecule has 0 saturated carbocycles. The van der Waals surface area contributed by atoms with Gasteiger partial charge in [-0.15, -0.1) is 0 Å². The van der Waals surface area contributed by atoms with E-state index in [0.29, 0.717) is 19.5 Å². The van der Waals surface area contributed by atoms with Crippen LogP contribution in [0.25, 0.3) is 0 Å². The number of rotatable bonds is 11. The summed E-state index contributed by atoms with van der Waals surface area (Å²) in [6, 6.07) is -0.649. The molecule has 0 spiro atoms. The third-order valence-corrected chi connectivity index (χ3v) is 17.0. The Kier molecular flexibility index (Phi) is 11.1. The lowest BCUT2D eigenvalue weighted by atomic mass is 10.1. The molecule has 0 radical (unpaired) electrons. The Morgan fingerprint density at radius 3 is 1.88 bits per heavy atom. The van der Waals surface area contributed by atoms with Crippen LogP contribution < -0.4 is 5.32 Å². The van der Waals surface area contributed by atoms with Crippen molar-refractivity contribution in [3.8, 4) is 0 Å². The minimum absolute atomic E-state index is 0.0152. The minimum atomic E-state index is -2.23. The van der Waals surface area contributed by atoms with E-state index in [1.165, 1.54) is 0 Å². The van der Waals surface area contributed by atoms with Crippen molar-refractivity contribution in [1.82, 2.24) is 10.2 Å². The van der Waals surface area contributed by atoms with Crippen LogP contribution in [0.3, 0.4) is 0 Å². The minimum Gasteiger partial charge on any atom is -0.409 e. The van der Waals surface area contributed by atoms with Gasteiger partial charge < -0.3 is 19.1 Å². The smallest absolute Gasteiger partial charge is 0.245 e. The molecular weight excluding hydrogens is 460 g/mol. The maximum Gasteiger partial charge on any atom is 0.245 e. The molecule has 6 nitrogen and oxygen atoms in total. The molecule has 1 N–H and O–H groups in total. The summed E-state index contributed by atoms with van der Waals surface area (Å²) >= 11 is 0. The topological polar surface area (TPSA) is 67.9 Å². The van der Waals surface area contributed by atoms with Crippen molar-refractivity contribution in [3.63, 3.8) is 0 Å². The molecule has 34 heavy (non-hydrogen) atoms. The van der Waals surface area contributed by atoms with Crippen molar-refractivity contribution in [2.45, 2.75) is 142 Å². The second-order valence-corrected chi connectivity index (χ2v) is 22.5. The summed E-state index contributed by atoms with van der Waals surface area (Å²) in [6.45, 7) is 27.3. The summed E-state index contributed by atoms with van der Waals surface area (Å²) in [5.74, 6) is -0.0908. The van der Waals surface area contributed by atoms with Gasteiger partial charge in [-0.1, -0.05) is 68.2 Å². The van der Waals surface area contributed by atoms with E-state index >= 15 is 0 Å². The predicted molar refractivity (Wildman–Crippen MR) is 147 cm³/mol. The van der Waals surface area contributed by atoms with Gasteiger partial charge in [0.05, 0.1) is 6.10 Å². The summed E-state index contributed by atoms with van der Waals surface area (Å²) < 4.78 is 13.8. The quantitative estimate of drug-likeness (QED) is 0.268. The average molecular weight is 515 g/mol. The van der Waals surface area contributed by atoms with Crippen LogP contribution >= 0.6 is 0 Å². The standard InChI is InChI=1S/C26H54N2O4Si2/c1-13-15-16-18-27-24(30)22-23(32-34(11,12)26(6,7)8)20(19-28(22)21(29)17-14-2)31-33(9,10)25(3,4)5/h20,22-23H,13-19H2,1-12H3,(H,27,30)/t20-,22?,23+/m0/s1. The highest BCUT2D eigenvalue weighted by molar-refractivity contribution is 6.74. The lowest BCUT2D eigenvalue weighted by molar-refractivity contribution is -0.140. The molecular formula is C26H54N2O4Si2. The zero-order valence-electron chi connectivity index (χ0n) is 24.3. The largest absolute Gasteiger partial charge is 0.409 e. The number of amides is 2. The molecule has 1 rings (SSSR count). The molecule has 1 aliphatic rings. The van der Waals surface area contributed by atoms with Gasteiger partial charge in [0.15, 0.2) is 16.6 Å². The third kappa shape index (κ3) is 7.90. The molecule has 0 aromatic carbocycles. The second kappa shape index (κ2) is 12.0. The van der Waals surface area contributed by atoms with Gasteiger partial charge in [0.1, 0.15) is 12.1 Å². The zero-order valence-corrected chi connectivity index (χ0v) is 26.3. The lowest BCUT2D eigenvalue weighted by Gasteiger charge is -2.43. The molecule has 3 atom stereocenters. The third-order valence-electron chi connectivity index (χ3n) is 8.01. The molecule has 1 fully saturated rings. The van der Waals surface area contributed by atoms with Crippen LogP contribution in [-0.2, 0) is 18.4 Å². The van der Waals surface area contributed by atoms with E-state index in [4.69, 9.17) is 8.85 Å². The summed E-state index contributed by atoms with van der Waals surface area (Å²) in [5, 5.41) is 3.12. The number of nitrogens with one attached hydrogen (secondary N) is 1. The molecule has 2 amide bonds. The summed E-state index contributed by atoms with van der Waals surface area (Å²) in [6.07, 6.45) is 3.53. The van der Waals surface area contributed by atoms with Crippen molar-refractivity contribution < 1.29 is 18.4 Å². The van der Waals surface area contributed by atoms with Gasteiger partial charge in [0, 0.05) is 19.5 Å². The van der Waals surface area contributed by atoms with Crippen molar-refractivity contribution in [3.05, 3.63) is 0 Å². The summed E-state index contributed by atoms with van der Waals surface area (Å²) in [7, 11) is -4.38. The van der Waals surface area contributed by atoms with Gasteiger partial charge in [-0.05, 0) is 49.1 Å². The number of hydrogen-bond acceptors (Lipinski definition) is 4. The molecule has 8 heteroatoms. The van der Waals surface area contributed by atoms with Crippen molar-refractivity contribution in [2.75, 3.05) is 13.1 Å². The maximum atomic E-state index is 13.6. The fraction of sp³-hybridized carbons (Fsp3) is 0.923. The molecule has 200 valence electrons. The molecule has 1 unspecified atom stereocenters. The predicted octanol–water partition coefficient (Wildman–Crippen LogP) is 6.08. The Hall–Kier alpha value is -0.706. The van der Waals surface area contributed by atoms with Crippen molar-refractivity contribution in [1.29, 1.82) is 0 Å². The number of unbranched alkanes of at least 4 members (excludes halogenated alkanes) is 2. The highest BCUT2D eigenvalue weighted by atomic mass is 28.4. The number of carbonyl (C=O) groups is 2. The molecule has 0 aromatic rings. The highest BCUT2D eigenvalue weighted by Gasteiger charge is 2.54. The monoisotopic (exact) mass is 514 g/mol. The Balaban J connectivity index is 3.42. The Morgan fingerprint density at radius 2 is 1.41 bits per heavy atom. The van der Waals surface area contributed by atoms with Gasteiger partial charge in [-0.25, -0.2) is 0 Å². The maximum absolute atomic E-state index is 13.6. The van der Waals surface area contributed by atoms with E-state index in [1.54, 1.807) is 4.90 Å². The van der Waals surface area contributed by atoms with Crippen LogP contribution in [0.4, 0.5) is 0 Å². The second-order valence-electron chi connectivity index (χ2n) is 13.0. The van der Waals surface area contributed by atoms with Gasteiger partial charge in [-0.3, -0.25) is 9.59 Å². The van der Waals surface area contributed by atoms with Gasteiger partial charge in [0.25, 0.3) is 0 Å².